The minimum Gasteiger partial charge on any atom is -0.213 e. The van der Waals surface area contributed by atoms with Crippen molar-refractivity contribution in [3.05, 3.63) is 66.0 Å². The molecule has 1 aromatic heterocycles. The molecule has 0 aliphatic heterocycles. The second-order valence-electron chi connectivity index (χ2n) is 4.59. The molecule has 21 heavy (non-hydrogen) atoms. The number of hydrogen-bond acceptors (Lipinski definition) is 4. The molecule has 100 valence electrons. The molecule has 1 heterocycles. The Morgan fingerprint density at radius 2 is 1.48 bits per heavy atom. The first-order chi connectivity index (χ1) is 10.3. The van der Waals surface area contributed by atoms with Crippen LogP contribution in [0.25, 0.3) is 22.8 Å². The summed E-state index contributed by atoms with van der Waals surface area (Å²) in [7, 11) is 0. The zero-order valence-electron chi connectivity index (χ0n) is 11.5. The molecule has 0 saturated heterocycles. The lowest BCUT2D eigenvalue weighted by Crippen LogP contribution is -1.99. The van der Waals surface area contributed by atoms with Crippen LogP contribution in [0.1, 0.15) is 11.4 Å². The predicted octanol–water partition coefficient (Wildman–Crippen LogP) is 3.39. The largest absolute Gasteiger partial charge is 0.213 e. The third-order valence-electron chi connectivity index (χ3n) is 3.03. The second-order valence-corrected chi connectivity index (χ2v) is 4.59. The van der Waals surface area contributed by atoms with E-state index < -0.39 is 0 Å². The Kier molecular flexibility index (Phi) is 3.40. The average Bonchev–Trinajstić information content (AvgIpc) is 2.55. The van der Waals surface area contributed by atoms with E-state index in [1.54, 1.807) is 12.1 Å². The molecule has 0 N–H and O–H groups in total. The monoisotopic (exact) mass is 272 g/mol. The lowest BCUT2D eigenvalue weighted by atomic mass is 10.1. The van der Waals surface area contributed by atoms with E-state index in [-0.39, 0.29) is 0 Å². The average molecular weight is 272 g/mol. The molecule has 4 heteroatoms. The number of nitriles is 1. The summed E-state index contributed by atoms with van der Waals surface area (Å²) < 4.78 is 0. The maximum absolute atomic E-state index is 8.99. The molecule has 0 unspecified atom stereocenters. The van der Waals surface area contributed by atoms with E-state index in [0.717, 1.165) is 11.1 Å². The van der Waals surface area contributed by atoms with E-state index in [4.69, 9.17) is 5.26 Å². The molecule has 0 bridgehead atoms. The van der Waals surface area contributed by atoms with Crippen molar-refractivity contribution in [2.24, 2.45) is 0 Å². The molecule has 0 fully saturated rings. The van der Waals surface area contributed by atoms with E-state index in [0.29, 0.717) is 23.0 Å². The van der Waals surface area contributed by atoms with Gasteiger partial charge in [0.05, 0.1) is 11.6 Å². The van der Waals surface area contributed by atoms with Gasteiger partial charge in [-0.05, 0) is 19.1 Å². The van der Waals surface area contributed by atoms with Gasteiger partial charge in [0.15, 0.2) is 11.6 Å². The highest BCUT2D eigenvalue weighted by Gasteiger charge is 2.08. The van der Waals surface area contributed by atoms with Gasteiger partial charge in [0.2, 0.25) is 0 Å². The van der Waals surface area contributed by atoms with Gasteiger partial charge in [-0.2, -0.15) is 5.26 Å². The number of benzene rings is 2. The summed E-state index contributed by atoms with van der Waals surface area (Å²) >= 11 is 0. The van der Waals surface area contributed by atoms with Gasteiger partial charge in [-0.1, -0.05) is 42.5 Å². The van der Waals surface area contributed by atoms with E-state index in [1.807, 2.05) is 49.4 Å². The highest BCUT2D eigenvalue weighted by Crippen LogP contribution is 2.20. The summed E-state index contributed by atoms with van der Waals surface area (Å²) in [5, 5.41) is 8.99. The Balaban J connectivity index is 2.12. The Morgan fingerprint density at radius 1 is 0.810 bits per heavy atom. The maximum atomic E-state index is 8.99. The maximum Gasteiger partial charge on any atom is 0.163 e. The van der Waals surface area contributed by atoms with Gasteiger partial charge >= 0.3 is 0 Å². The molecule has 0 radical (unpaired) electrons. The van der Waals surface area contributed by atoms with Crippen molar-refractivity contribution in [3.8, 4) is 28.8 Å². The normalized spacial score (nSPS) is 10.1. The van der Waals surface area contributed by atoms with Crippen LogP contribution in [-0.2, 0) is 0 Å². The van der Waals surface area contributed by atoms with Crippen LogP contribution in [0.5, 0.6) is 0 Å². The fraction of sp³-hybridized carbons (Fsp3) is 0.0588. The van der Waals surface area contributed by atoms with Crippen LogP contribution < -0.4 is 0 Å². The summed E-state index contributed by atoms with van der Waals surface area (Å²) in [6.07, 6.45) is 0. The summed E-state index contributed by atoms with van der Waals surface area (Å²) in [6, 6.07) is 19.2. The minimum atomic E-state index is 0.582. The van der Waals surface area contributed by atoms with Crippen molar-refractivity contribution in [2.75, 3.05) is 0 Å². The SMILES string of the molecule is Cc1nc(-c2ccccc2)nc(-c2cccc(C#N)c2)n1. The molecule has 0 atom stereocenters. The number of aromatic nitrogens is 3. The molecule has 0 amide bonds. The van der Waals surface area contributed by atoms with Gasteiger partial charge in [-0.3, -0.25) is 0 Å². The number of nitrogens with zero attached hydrogens (tertiary/aromatic N) is 4. The number of aryl methyl sites for hydroxylation is 1. The fourth-order valence-electron chi connectivity index (χ4n) is 2.06. The van der Waals surface area contributed by atoms with Crippen molar-refractivity contribution in [2.45, 2.75) is 6.92 Å². The molecular formula is C17H12N4. The Morgan fingerprint density at radius 3 is 2.19 bits per heavy atom. The Hall–Kier alpha value is -3.06. The van der Waals surface area contributed by atoms with Crippen LogP contribution in [-0.4, -0.2) is 15.0 Å². The first-order valence-electron chi connectivity index (χ1n) is 6.55. The minimum absolute atomic E-state index is 0.582. The van der Waals surface area contributed by atoms with Gasteiger partial charge < -0.3 is 0 Å². The topological polar surface area (TPSA) is 62.5 Å². The Bertz CT molecular complexity index is 820. The molecule has 4 nitrogen and oxygen atoms in total. The van der Waals surface area contributed by atoms with Crippen molar-refractivity contribution in [3.63, 3.8) is 0 Å². The molecule has 3 aromatic rings. The zero-order valence-corrected chi connectivity index (χ0v) is 11.5. The van der Waals surface area contributed by atoms with Crippen LogP contribution >= 0.6 is 0 Å². The van der Waals surface area contributed by atoms with Gasteiger partial charge in [-0.15, -0.1) is 0 Å². The summed E-state index contributed by atoms with van der Waals surface area (Å²) in [5.74, 6) is 1.88. The van der Waals surface area contributed by atoms with Gasteiger partial charge in [0.25, 0.3) is 0 Å². The van der Waals surface area contributed by atoms with Crippen molar-refractivity contribution >= 4 is 0 Å². The van der Waals surface area contributed by atoms with Crippen LogP contribution in [0.4, 0.5) is 0 Å². The van der Waals surface area contributed by atoms with E-state index >= 15 is 0 Å². The van der Waals surface area contributed by atoms with Gasteiger partial charge in [0.1, 0.15) is 5.82 Å². The highest BCUT2D eigenvalue weighted by molar-refractivity contribution is 5.62. The zero-order chi connectivity index (χ0) is 14.7. The third-order valence-corrected chi connectivity index (χ3v) is 3.03. The van der Waals surface area contributed by atoms with Crippen LogP contribution in [0.3, 0.4) is 0 Å². The number of hydrogen-bond donors (Lipinski definition) is 0. The molecular weight excluding hydrogens is 260 g/mol. The smallest absolute Gasteiger partial charge is 0.163 e. The van der Waals surface area contributed by atoms with E-state index in [1.165, 1.54) is 0 Å². The predicted molar refractivity (Wildman–Crippen MR) is 80.2 cm³/mol. The van der Waals surface area contributed by atoms with E-state index in [9.17, 15) is 0 Å². The van der Waals surface area contributed by atoms with Crippen LogP contribution in [0.15, 0.2) is 54.6 Å². The molecule has 0 aliphatic carbocycles. The van der Waals surface area contributed by atoms with Crippen LogP contribution in [0, 0.1) is 18.3 Å². The summed E-state index contributed by atoms with van der Waals surface area (Å²) in [6.45, 7) is 1.84. The Labute approximate surface area is 122 Å². The van der Waals surface area contributed by atoms with Crippen molar-refractivity contribution in [1.29, 1.82) is 5.26 Å². The fourth-order valence-corrected chi connectivity index (χ4v) is 2.06. The summed E-state index contributed by atoms with van der Waals surface area (Å²) in [4.78, 5) is 13.3. The van der Waals surface area contributed by atoms with E-state index in [2.05, 4.69) is 21.0 Å². The standard InChI is InChI=1S/C17H12N4/c1-12-19-16(14-7-3-2-4-8-14)21-17(20-12)15-9-5-6-13(10-15)11-18/h2-10H,1H3. The molecule has 0 aliphatic rings. The van der Waals surface area contributed by atoms with Crippen LogP contribution in [0.2, 0.25) is 0 Å². The quantitative estimate of drug-likeness (QED) is 0.717. The van der Waals surface area contributed by atoms with Gasteiger partial charge in [-0.25, -0.2) is 15.0 Å². The molecule has 0 saturated carbocycles. The third kappa shape index (κ3) is 2.77. The molecule has 0 spiro atoms. The van der Waals surface area contributed by atoms with Crippen molar-refractivity contribution < 1.29 is 0 Å². The molecule has 2 aromatic carbocycles. The van der Waals surface area contributed by atoms with Gasteiger partial charge in [0, 0.05) is 11.1 Å². The first-order valence-corrected chi connectivity index (χ1v) is 6.55. The first kappa shape index (κ1) is 12.9. The van der Waals surface area contributed by atoms with Crippen molar-refractivity contribution in [1.82, 2.24) is 15.0 Å². The lowest BCUT2D eigenvalue weighted by molar-refractivity contribution is 0.992. The number of rotatable bonds is 2. The second kappa shape index (κ2) is 5.51. The molecule has 3 rings (SSSR count). The lowest BCUT2D eigenvalue weighted by Gasteiger charge is -2.05. The highest BCUT2D eigenvalue weighted by atomic mass is 15.0. The summed E-state index contributed by atoms with van der Waals surface area (Å²) in [5.41, 5.74) is 2.35.